The van der Waals surface area contributed by atoms with Gasteiger partial charge in [-0.25, -0.2) is 0 Å². The molecule has 28 heavy (non-hydrogen) atoms. The molecule has 4 nitrogen and oxygen atoms in total. The molecular weight excluding hydrogens is 390 g/mol. The lowest BCUT2D eigenvalue weighted by Gasteiger charge is -2.39. The van der Waals surface area contributed by atoms with Crippen LogP contribution in [0.25, 0.3) is 0 Å². The smallest absolute Gasteiger partial charge is 0.174 e. The van der Waals surface area contributed by atoms with Crippen molar-refractivity contribution in [1.82, 2.24) is 9.47 Å². The number of nitrogens with zero attached hydrogens (tertiary/aromatic N) is 2. The average molecular weight is 412 g/mol. The van der Waals surface area contributed by atoms with E-state index in [1.807, 2.05) is 43.3 Å². The third kappa shape index (κ3) is 3.86. The molecule has 3 aromatic rings. The Morgan fingerprint density at radius 1 is 1.11 bits per heavy atom. The Balaban J connectivity index is 1.59. The van der Waals surface area contributed by atoms with Crippen molar-refractivity contribution in [1.29, 1.82) is 0 Å². The van der Waals surface area contributed by atoms with E-state index >= 15 is 0 Å². The van der Waals surface area contributed by atoms with Crippen molar-refractivity contribution in [3.8, 4) is 5.75 Å². The summed E-state index contributed by atoms with van der Waals surface area (Å²) in [5, 5.41) is 4.82. The molecule has 2 aromatic carbocycles. The second-order valence-corrected chi connectivity index (χ2v) is 7.48. The summed E-state index contributed by atoms with van der Waals surface area (Å²) in [6.45, 7) is 4.36. The van der Waals surface area contributed by atoms with Gasteiger partial charge in [0.05, 0.1) is 12.6 Å². The molecule has 4 rings (SSSR count). The van der Waals surface area contributed by atoms with E-state index in [1.54, 1.807) is 0 Å². The van der Waals surface area contributed by atoms with Gasteiger partial charge in [0.15, 0.2) is 5.11 Å². The molecule has 1 N–H and O–H groups in total. The van der Waals surface area contributed by atoms with Gasteiger partial charge in [-0.3, -0.25) is 0 Å². The molecule has 1 aromatic heterocycles. The number of rotatable bonds is 4. The summed E-state index contributed by atoms with van der Waals surface area (Å²) in [5.74, 6) is 0.855. The minimum atomic E-state index is 0.0451. The number of ether oxygens (including phenoxy) is 1. The molecule has 0 saturated carbocycles. The van der Waals surface area contributed by atoms with E-state index in [0.29, 0.717) is 11.7 Å². The van der Waals surface area contributed by atoms with Gasteiger partial charge in [0.25, 0.3) is 0 Å². The zero-order valence-electron chi connectivity index (χ0n) is 15.6. The molecule has 2 heterocycles. The van der Waals surface area contributed by atoms with Crippen molar-refractivity contribution < 1.29 is 4.74 Å². The monoisotopic (exact) mass is 411 g/mol. The fourth-order valence-corrected chi connectivity index (χ4v) is 4.03. The van der Waals surface area contributed by atoms with Gasteiger partial charge in [0.2, 0.25) is 0 Å². The first-order valence-electron chi connectivity index (χ1n) is 9.36. The SMILES string of the molecule is CCOc1ccc(NC(=S)N2CCn3cccc3[C@@H]2c2ccc(Cl)cc2)cc1. The predicted molar refractivity (Wildman–Crippen MR) is 118 cm³/mol. The summed E-state index contributed by atoms with van der Waals surface area (Å²) in [4.78, 5) is 2.24. The van der Waals surface area contributed by atoms with Crippen LogP contribution in [-0.4, -0.2) is 27.7 Å². The molecule has 0 aliphatic carbocycles. The highest BCUT2D eigenvalue weighted by Gasteiger charge is 2.30. The maximum Gasteiger partial charge on any atom is 0.174 e. The van der Waals surface area contributed by atoms with Crippen LogP contribution in [0.4, 0.5) is 5.69 Å². The highest BCUT2D eigenvalue weighted by molar-refractivity contribution is 7.80. The Morgan fingerprint density at radius 2 is 1.86 bits per heavy atom. The van der Waals surface area contributed by atoms with E-state index in [-0.39, 0.29) is 6.04 Å². The van der Waals surface area contributed by atoms with E-state index in [2.05, 4.69) is 45.2 Å². The molecule has 0 spiro atoms. The van der Waals surface area contributed by atoms with Crippen molar-refractivity contribution in [2.45, 2.75) is 19.5 Å². The molecule has 0 unspecified atom stereocenters. The van der Waals surface area contributed by atoms with Gasteiger partial charge in [-0.2, -0.15) is 0 Å². The zero-order chi connectivity index (χ0) is 19.5. The lowest BCUT2D eigenvalue weighted by Crippen LogP contribution is -2.44. The number of hydrogen-bond acceptors (Lipinski definition) is 2. The number of fused-ring (bicyclic) bond motifs is 1. The Kier molecular flexibility index (Phi) is 5.55. The van der Waals surface area contributed by atoms with Gasteiger partial charge in [-0.05, 0) is 73.2 Å². The number of benzene rings is 2. The molecule has 0 bridgehead atoms. The first-order chi connectivity index (χ1) is 13.7. The largest absolute Gasteiger partial charge is 0.494 e. The van der Waals surface area contributed by atoms with Crippen molar-refractivity contribution in [2.75, 3.05) is 18.5 Å². The summed E-state index contributed by atoms with van der Waals surface area (Å²) in [7, 11) is 0. The summed E-state index contributed by atoms with van der Waals surface area (Å²) in [5.41, 5.74) is 3.34. The predicted octanol–water partition coefficient (Wildman–Crippen LogP) is 5.34. The number of aromatic nitrogens is 1. The fourth-order valence-electron chi connectivity index (χ4n) is 3.59. The molecule has 0 amide bonds. The topological polar surface area (TPSA) is 29.4 Å². The molecule has 1 atom stereocenters. The standard InChI is InChI=1S/C22H22ClN3OS/c1-2-27-19-11-9-18(10-12-19)24-22(28)26-15-14-25-13-3-4-20(25)21(26)16-5-7-17(23)8-6-16/h3-13,21H,2,14-15H2,1H3,(H,24,28)/t21-/m0/s1. The average Bonchev–Trinajstić information content (AvgIpc) is 3.18. The van der Waals surface area contributed by atoms with E-state index in [0.717, 1.165) is 29.5 Å². The van der Waals surface area contributed by atoms with Gasteiger partial charge < -0.3 is 19.5 Å². The van der Waals surface area contributed by atoms with Crippen LogP contribution in [0.3, 0.4) is 0 Å². The number of halogens is 1. The number of hydrogen-bond donors (Lipinski definition) is 1. The highest BCUT2D eigenvalue weighted by Crippen LogP contribution is 2.33. The fraction of sp³-hybridized carbons (Fsp3) is 0.227. The number of anilines is 1. The third-order valence-electron chi connectivity index (χ3n) is 4.90. The normalized spacial score (nSPS) is 15.8. The first kappa shape index (κ1) is 18.8. The quantitative estimate of drug-likeness (QED) is 0.586. The molecule has 0 saturated heterocycles. The van der Waals surface area contributed by atoms with Crippen molar-refractivity contribution >= 4 is 34.6 Å². The van der Waals surface area contributed by atoms with Gasteiger partial charge in [0.1, 0.15) is 5.75 Å². The Bertz CT molecular complexity index is 953. The molecular formula is C22H22ClN3OS. The lowest BCUT2D eigenvalue weighted by atomic mass is 10.0. The van der Waals surface area contributed by atoms with E-state index in [9.17, 15) is 0 Å². The highest BCUT2D eigenvalue weighted by atomic mass is 35.5. The van der Waals surface area contributed by atoms with Crippen LogP contribution in [0.15, 0.2) is 66.9 Å². The first-order valence-corrected chi connectivity index (χ1v) is 10.2. The van der Waals surface area contributed by atoms with E-state index in [1.165, 1.54) is 11.3 Å². The van der Waals surface area contributed by atoms with Gasteiger partial charge in [0, 0.05) is 35.7 Å². The van der Waals surface area contributed by atoms with E-state index in [4.69, 9.17) is 28.6 Å². The van der Waals surface area contributed by atoms with E-state index < -0.39 is 0 Å². The molecule has 6 heteroatoms. The second-order valence-electron chi connectivity index (χ2n) is 6.66. The van der Waals surface area contributed by atoms with Crippen molar-refractivity contribution in [3.05, 3.63) is 83.1 Å². The summed E-state index contributed by atoms with van der Waals surface area (Å²) in [6, 6.07) is 20.2. The van der Waals surface area contributed by atoms with Crippen LogP contribution in [0.2, 0.25) is 5.02 Å². The molecule has 0 radical (unpaired) electrons. The minimum Gasteiger partial charge on any atom is -0.494 e. The van der Waals surface area contributed by atoms with Crippen molar-refractivity contribution in [2.24, 2.45) is 0 Å². The molecule has 1 aliphatic heterocycles. The second kappa shape index (κ2) is 8.25. The number of thiocarbonyl (C=S) groups is 1. The number of nitrogens with one attached hydrogen (secondary N) is 1. The third-order valence-corrected chi connectivity index (χ3v) is 5.49. The summed E-state index contributed by atoms with van der Waals surface area (Å²) < 4.78 is 7.80. The summed E-state index contributed by atoms with van der Waals surface area (Å²) >= 11 is 11.9. The Morgan fingerprint density at radius 3 is 2.57 bits per heavy atom. The summed E-state index contributed by atoms with van der Waals surface area (Å²) in [6.07, 6.45) is 2.12. The van der Waals surface area contributed by atoms with Gasteiger partial charge in [-0.15, -0.1) is 0 Å². The van der Waals surface area contributed by atoms with Crippen LogP contribution in [-0.2, 0) is 6.54 Å². The lowest BCUT2D eigenvalue weighted by molar-refractivity contribution is 0.293. The Labute approximate surface area is 175 Å². The molecule has 1 aliphatic rings. The van der Waals surface area contributed by atoms with Gasteiger partial charge in [-0.1, -0.05) is 23.7 Å². The molecule has 144 valence electrons. The Hall–Kier alpha value is -2.50. The van der Waals surface area contributed by atoms with Crippen LogP contribution >= 0.6 is 23.8 Å². The minimum absolute atomic E-state index is 0.0451. The van der Waals surface area contributed by atoms with Crippen LogP contribution in [0, 0.1) is 0 Å². The van der Waals surface area contributed by atoms with Gasteiger partial charge >= 0.3 is 0 Å². The molecule has 0 fully saturated rings. The maximum atomic E-state index is 6.10. The van der Waals surface area contributed by atoms with Crippen LogP contribution in [0.1, 0.15) is 24.2 Å². The maximum absolute atomic E-state index is 6.10. The zero-order valence-corrected chi connectivity index (χ0v) is 17.2. The van der Waals surface area contributed by atoms with Crippen molar-refractivity contribution in [3.63, 3.8) is 0 Å². The van der Waals surface area contributed by atoms with Crippen LogP contribution < -0.4 is 10.1 Å². The van der Waals surface area contributed by atoms with Crippen LogP contribution in [0.5, 0.6) is 5.75 Å².